The smallest absolute Gasteiger partial charge is 0.257 e. The summed E-state index contributed by atoms with van der Waals surface area (Å²) >= 11 is 0. The molecule has 0 atom stereocenters. The lowest BCUT2D eigenvalue weighted by Gasteiger charge is -2.13. The molecule has 0 saturated carbocycles. The summed E-state index contributed by atoms with van der Waals surface area (Å²) in [5.41, 5.74) is 3.77. The number of nitrogens with one attached hydrogen (secondary N) is 2. The largest absolute Gasteiger partial charge is 0.454 e. The van der Waals surface area contributed by atoms with Crippen LogP contribution in [0.1, 0.15) is 32.1 Å². The van der Waals surface area contributed by atoms with Crippen LogP contribution in [-0.4, -0.2) is 33.4 Å². The lowest BCUT2D eigenvalue weighted by molar-refractivity contribution is 0.102. The van der Waals surface area contributed by atoms with E-state index in [2.05, 4.69) is 20.7 Å². The van der Waals surface area contributed by atoms with Crippen LogP contribution in [0.5, 0.6) is 11.5 Å². The Morgan fingerprint density at radius 2 is 1.70 bits per heavy atom. The van der Waals surface area contributed by atoms with Gasteiger partial charge in [-0.1, -0.05) is 12.1 Å². The molecule has 4 aromatic rings. The molecule has 5 rings (SSSR count). The third-order valence-corrected chi connectivity index (χ3v) is 5.39. The minimum atomic E-state index is -0.363. The number of carbonyl (C=O) groups is 2. The Hall–Kier alpha value is -4.40. The number of nitrogens with zero attached hydrogens (tertiary/aromatic N) is 3. The first kappa shape index (κ1) is 20.5. The van der Waals surface area contributed by atoms with Crippen molar-refractivity contribution in [3.63, 3.8) is 0 Å². The molecule has 33 heavy (non-hydrogen) atoms. The summed E-state index contributed by atoms with van der Waals surface area (Å²) in [5, 5.41) is 10.8. The Morgan fingerprint density at radius 1 is 0.939 bits per heavy atom. The number of rotatable bonds is 4. The van der Waals surface area contributed by atoms with Crippen LogP contribution in [0.15, 0.2) is 48.5 Å². The predicted molar refractivity (Wildman–Crippen MR) is 123 cm³/mol. The number of ether oxygens (including phenoxy) is 2. The number of fused-ring (bicyclic) bond motifs is 2. The molecule has 2 aromatic carbocycles. The zero-order valence-corrected chi connectivity index (χ0v) is 18.3. The molecule has 0 fully saturated rings. The fourth-order valence-electron chi connectivity index (χ4n) is 3.90. The minimum absolute atomic E-state index is 0.153. The van der Waals surface area contributed by atoms with E-state index in [1.807, 2.05) is 13.8 Å². The first-order valence-electron chi connectivity index (χ1n) is 10.3. The second kappa shape index (κ2) is 7.94. The molecule has 9 heteroatoms. The van der Waals surface area contributed by atoms with Crippen molar-refractivity contribution >= 4 is 34.2 Å². The average Bonchev–Trinajstić information content (AvgIpc) is 3.37. The zero-order chi connectivity index (χ0) is 23.1. The Balaban J connectivity index is 1.43. The number of hydrogen-bond acceptors (Lipinski definition) is 6. The van der Waals surface area contributed by atoms with E-state index in [1.165, 1.54) is 0 Å². The summed E-state index contributed by atoms with van der Waals surface area (Å²) < 4.78 is 12.3. The Kier molecular flexibility index (Phi) is 4.93. The SMILES string of the molecule is Cc1cc(C(=O)Nc2ccccc2C(=O)Nc2ccc3c(c2)OCO3)c2c(C)nn(C)c2n1. The molecular formula is C24H21N5O4. The summed E-state index contributed by atoms with van der Waals surface area (Å²) in [4.78, 5) is 30.8. The van der Waals surface area contributed by atoms with Crippen LogP contribution in [-0.2, 0) is 7.05 Å². The molecule has 0 bridgehead atoms. The van der Waals surface area contributed by atoms with Gasteiger partial charge in [-0.15, -0.1) is 0 Å². The highest BCUT2D eigenvalue weighted by molar-refractivity contribution is 6.16. The number of amides is 2. The van der Waals surface area contributed by atoms with Crippen molar-refractivity contribution < 1.29 is 19.1 Å². The van der Waals surface area contributed by atoms with Gasteiger partial charge in [0.05, 0.1) is 27.9 Å². The lowest BCUT2D eigenvalue weighted by Crippen LogP contribution is -2.18. The number of pyridine rings is 1. The van der Waals surface area contributed by atoms with Crippen LogP contribution in [0.2, 0.25) is 0 Å². The Bertz CT molecular complexity index is 1430. The molecule has 0 spiro atoms. The van der Waals surface area contributed by atoms with E-state index < -0.39 is 0 Å². The molecule has 0 radical (unpaired) electrons. The highest BCUT2D eigenvalue weighted by Gasteiger charge is 2.20. The van der Waals surface area contributed by atoms with Gasteiger partial charge in [-0.25, -0.2) is 4.98 Å². The van der Waals surface area contributed by atoms with Crippen LogP contribution >= 0.6 is 0 Å². The van der Waals surface area contributed by atoms with Crippen molar-refractivity contribution in [2.24, 2.45) is 7.05 Å². The van der Waals surface area contributed by atoms with E-state index in [0.717, 1.165) is 0 Å². The maximum absolute atomic E-state index is 13.3. The van der Waals surface area contributed by atoms with Gasteiger partial charge in [0, 0.05) is 24.5 Å². The van der Waals surface area contributed by atoms with E-state index in [9.17, 15) is 9.59 Å². The van der Waals surface area contributed by atoms with Gasteiger partial charge < -0.3 is 20.1 Å². The molecule has 9 nitrogen and oxygen atoms in total. The molecule has 1 aliphatic rings. The molecule has 0 aliphatic carbocycles. The van der Waals surface area contributed by atoms with Crippen molar-refractivity contribution in [2.75, 3.05) is 17.4 Å². The van der Waals surface area contributed by atoms with Crippen molar-refractivity contribution in [1.82, 2.24) is 14.8 Å². The van der Waals surface area contributed by atoms with Gasteiger partial charge in [-0.05, 0) is 44.2 Å². The standard InChI is InChI=1S/C24H21N5O4/c1-13-10-17(21-14(2)28-29(3)22(21)25-13)24(31)27-18-7-5-4-6-16(18)23(30)26-15-8-9-19-20(11-15)33-12-32-19/h4-11H,12H2,1-3H3,(H,26,30)(H,27,31). The summed E-state index contributed by atoms with van der Waals surface area (Å²) in [6.45, 7) is 3.81. The van der Waals surface area contributed by atoms with Crippen molar-refractivity contribution in [1.29, 1.82) is 0 Å². The topological polar surface area (TPSA) is 107 Å². The Labute approximate surface area is 189 Å². The van der Waals surface area contributed by atoms with Gasteiger partial charge in [0.25, 0.3) is 11.8 Å². The maximum Gasteiger partial charge on any atom is 0.257 e. The number of aryl methyl sites for hydroxylation is 3. The number of carbonyl (C=O) groups excluding carboxylic acids is 2. The van der Waals surface area contributed by atoms with Crippen LogP contribution in [0, 0.1) is 13.8 Å². The number of hydrogen-bond donors (Lipinski definition) is 2. The van der Waals surface area contributed by atoms with Crippen molar-refractivity contribution in [3.05, 3.63) is 71.0 Å². The van der Waals surface area contributed by atoms with Gasteiger partial charge in [-0.2, -0.15) is 5.10 Å². The number of anilines is 2. The second-order valence-electron chi connectivity index (χ2n) is 7.74. The highest BCUT2D eigenvalue weighted by Crippen LogP contribution is 2.34. The second-order valence-corrected chi connectivity index (χ2v) is 7.74. The molecule has 2 N–H and O–H groups in total. The van der Waals surface area contributed by atoms with Crippen molar-refractivity contribution in [2.45, 2.75) is 13.8 Å². The van der Waals surface area contributed by atoms with Crippen LogP contribution in [0.25, 0.3) is 11.0 Å². The fraction of sp³-hybridized carbons (Fsp3) is 0.167. The predicted octanol–water partition coefficient (Wildman–Crippen LogP) is 3.82. The summed E-state index contributed by atoms with van der Waals surface area (Å²) in [6.07, 6.45) is 0. The van der Waals surface area contributed by atoms with Crippen LogP contribution in [0.3, 0.4) is 0 Å². The molecule has 1 aliphatic heterocycles. The average molecular weight is 443 g/mol. The monoisotopic (exact) mass is 443 g/mol. The van der Waals surface area contributed by atoms with E-state index >= 15 is 0 Å². The molecule has 2 aromatic heterocycles. The fourth-order valence-corrected chi connectivity index (χ4v) is 3.90. The summed E-state index contributed by atoms with van der Waals surface area (Å²) in [7, 11) is 1.79. The van der Waals surface area contributed by atoms with Crippen LogP contribution < -0.4 is 20.1 Å². The van der Waals surface area contributed by atoms with Gasteiger partial charge in [0.2, 0.25) is 6.79 Å². The molecular weight excluding hydrogens is 422 g/mol. The van der Waals surface area contributed by atoms with E-state index in [1.54, 1.807) is 60.3 Å². The number of aromatic nitrogens is 3. The molecule has 0 saturated heterocycles. The molecule has 3 heterocycles. The lowest BCUT2D eigenvalue weighted by atomic mass is 10.1. The minimum Gasteiger partial charge on any atom is -0.454 e. The molecule has 166 valence electrons. The van der Waals surface area contributed by atoms with Crippen molar-refractivity contribution in [3.8, 4) is 11.5 Å². The Morgan fingerprint density at radius 3 is 2.55 bits per heavy atom. The van der Waals surface area contributed by atoms with E-state index in [4.69, 9.17) is 9.47 Å². The highest BCUT2D eigenvalue weighted by atomic mass is 16.7. The van der Waals surface area contributed by atoms with E-state index in [-0.39, 0.29) is 18.6 Å². The van der Waals surface area contributed by atoms with Crippen LogP contribution in [0.4, 0.5) is 11.4 Å². The molecule has 0 unspecified atom stereocenters. The quantitative estimate of drug-likeness (QED) is 0.497. The van der Waals surface area contributed by atoms with Gasteiger partial charge in [-0.3, -0.25) is 14.3 Å². The number of benzene rings is 2. The maximum atomic E-state index is 13.3. The summed E-state index contributed by atoms with van der Waals surface area (Å²) in [5.74, 6) is 0.493. The normalized spacial score (nSPS) is 12.1. The first-order chi connectivity index (χ1) is 15.9. The van der Waals surface area contributed by atoms with E-state index in [0.29, 0.717) is 56.4 Å². The summed E-state index contributed by atoms with van der Waals surface area (Å²) in [6, 6.07) is 13.7. The third-order valence-electron chi connectivity index (χ3n) is 5.39. The van der Waals surface area contributed by atoms with Gasteiger partial charge >= 0.3 is 0 Å². The molecule has 2 amide bonds. The third kappa shape index (κ3) is 3.73. The zero-order valence-electron chi connectivity index (χ0n) is 18.3. The van der Waals surface area contributed by atoms with Gasteiger partial charge in [0.15, 0.2) is 17.1 Å². The number of para-hydroxylation sites is 1. The first-order valence-corrected chi connectivity index (χ1v) is 10.3. The van der Waals surface area contributed by atoms with Gasteiger partial charge in [0.1, 0.15) is 0 Å².